The third-order valence-electron chi connectivity index (χ3n) is 3.74. The van der Waals surface area contributed by atoms with E-state index in [0.717, 1.165) is 0 Å². The number of amides is 1. The van der Waals surface area contributed by atoms with Crippen LogP contribution in [-0.2, 0) is 14.9 Å². The number of nitrogens with zero attached hydrogens (tertiary/aromatic N) is 2. The van der Waals surface area contributed by atoms with Gasteiger partial charge in [-0.1, -0.05) is 30.3 Å². The Bertz CT molecular complexity index is 830. The van der Waals surface area contributed by atoms with Gasteiger partial charge in [-0.25, -0.2) is 9.78 Å². The number of hydrogen-bond donors (Lipinski definition) is 1. The summed E-state index contributed by atoms with van der Waals surface area (Å²) in [5, 5.41) is 12.1. The Hall–Kier alpha value is -3.40. The molecule has 0 saturated carbocycles. The van der Waals surface area contributed by atoms with Crippen molar-refractivity contribution in [3.63, 3.8) is 0 Å². The second-order valence-corrected chi connectivity index (χ2v) is 5.33. The molecule has 7 nitrogen and oxygen atoms in total. The SMILES string of the molecule is COC(=O)c1cc(NC(=O)[C@](C)(C#N)c2ccccc2)cnc1OC. The van der Waals surface area contributed by atoms with Gasteiger partial charge in [-0.15, -0.1) is 0 Å². The lowest BCUT2D eigenvalue weighted by Crippen LogP contribution is -2.36. The summed E-state index contributed by atoms with van der Waals surface area (Å²) < 4.78 is 9.68. The van der Waals surface area contributed by atoms with Crippen molar-refractivity contribution >= 4 is 17.6 Å². The molecule has 0 radical (unpaired) electrons. The lowest BCUT2D eigenvalue weighted by atomic mass is 9.83. The zero-order valence-electron chi connectivity index (χ0n) is 14.1. The van der Waals surface area contributed by atoms with Crippen molar-refractivity contribution in [1.82, 2.24) is 4.98 Å². The Balaban J connectivity index is 2.34. The number of benzene rings is 1. The van der Waals surface area contributed by atoms with E-state index < -0.39 is 17.3 Å². The number of aromatic nitrogens is 1. The summed E-state index contributed by atoms with van der Waals surface area (Å²) in [6.45, 7) is 1.52. The van der Waals surface area contributed by atoms with Gasteiger partial charge in [0.1, 0.15) is 5.56 Å². The molecule has 0 bridgehead atoms. The molecule has 2 rings (SSSR count). The van der Waals surface area contributed by atoms with Crippen LogP contribution in [0.15, 0.2) is 42.6 Å². The number of anilines is 1. The van der Waals surface area contributed by atoms with Crippen molar-refractivity contribution in [2.75, 3.05) is 19.5 Å². The number of methoxy groups -OCH3 is 2. The van der Waals surface area contributed by atoms with Gasteiger partial charge in [0.05, 0.1) is 32.2 Å². The van der Waals surface area contributed by atoms with Crippen LogP contribution in [0.25, 0.3) is 0 Å². The summed E-state index contributed by atoms with van der Waals surface area (Å²) in [5.41, 5.74) is -0.512. The molecule has 0 aliphatic rings. The van der Waals surface area contributed by atoms with E-state index in [9.17, 15) is 14.9 Å². The van der Waals surface area contributed by atoms with Crippen molar-refractivity contribution in [3.05, 3.63) is 53.7 Å². The standard InChI is InChI=1S/C18H17N3O4/c1-18(11-19,12-7-5-4-6-8-12)17(23)21-13-9-14(16(22)25-3)15(24-2)20-10-13/h4-10H,1-3H3,(H,21,23)/t18-/m1/s1. The maximum absolute atomic E-state index is 12.7. The van der Waals surface area contributed by atoms with Crippen molar-refractivity contribution < 1.29 is 19.1 Å². The Morgan fingerprint density at radius 3 is 2.48 bits per heavy atom. The molecule has 2 aromatic rings. The van der Waals surface area contributed by atoms with Gasteiger partial charge in [0.15, 0.2) is 5.41 Å². The Morgan fingerprint density at radius 1 is 1.24 bits per heavy atom. The van der Waals surface area contributed by atoms with E-state index >= 15 is 0 Å². The van der Waals surface area contributed by atoms with Crippen LogP contribution in [0.4, 0.5) is 5.69 Å². The lowest BCUT2D eigenvalue weighted by molar-refractivity contribution is -0.119. The molecule has 1 aromatic carbocycles. The predicted octanol–water partition coefficient (Wildman–Crippen LogP) is 2.30. The summed E-state index contributed by atoms with van der Waals surface area (Å²) >= 11 is 0. The molecule has 1 amide bonds. The first-order valence-electron chi connectivity index (χ1n) is 7.37. The van der Waals surface area contributed by atoms with Crippen LogP contribution in [0.1, 0.15) is 22.8 Å². The number of pyridine rings is 1. The first kappa shape index (κ1) is 17.9. The lowest BCUT2D eigenvalue weighted by Gasteiger charge is -2.21. The average Bonchev–Trinajstić information content (AvgIpc) is 2.67. The minimum absolute atomic E-state index is 0.0705. The molecule has 0 spiro atoms. The molecule has 128 valence electrons. The highest BCUT2D eigenvalue weighted by atomic mass is 16.5. The largest absolute Gasteiger partial charge is 0.480 e. The summed E-state index contributed by atoms with van der Waals surface area (Å²) in [5.74, 6) is -1.11. The first-order chi connectivity index (χ1) is 12.0. The number of hydrogen-bond acceptors (Lipinski definition) is 6. The molecule has 0 fully saturated rings. The third kappa shape index (κ3) is 3.58. The Kier molecular flexibility index (Phi) is 5.35. The highest BCUT2D eigenvalue weighted by Crippen LogP contribution is 2.26. The first-order valence-corrected chi connectivity index (χ1v) is 7.37. The van der Waals surface area contributed by atoms with Gasteiger partial charge in [-0.3, -0.25) is 4.79 Å². The summed E-state index contributed by atoms with van der Waals surface area (Å²) in [6, 6.07) is 12.1. The number of carbonyl (C=O) groups excluding carboxylic acids is 2. The summed E-state index contributed by atoms with van der Waals surface area (Å²) in [4.78, 5) is 28.4. The fraction of sp³-hybridized carbons (Fsp3) is 0.222. The number of nitrogens with one attached hydrogen (secondary N) is 1. The quantitative estimate of drug-likeness (QED) is 0.839. The number of nitriles is 1. The number of ether oxygens (including phenoxy) is 2. The fourth-order valence-electron chi connectivity index (χ4n) is 2.21. The van der Waals surface area contributed by atoms with Gasteiger partial charge in [-0.2, -0.15) is 5.26 Å². The van der Waals surface area contributed by atoms with E-state index in [-0.39, 0.29) is 17.1 Å². The topological polar surface area (TPSA) is 101 Å². The summed E-state index contributed by atoms with van der Waals surface area (Å²) in [6.07, 6.45) is 1.34. The van der Waals surface area contributed by atoms with Gasteiger partial charge in [-0.05, 0) is 18.6 Å². The molecule has 0 aliphatic heterocycles. The van der Waals surface area contributed by atoms with Gasteiger partial charge < -0.3 is 14.8 Å². The second kappa shape index (κ2) is 7.45. The molecular weight excluding hydrogens is 322 g/mol. The van der Waals surface area contributed by atoms with E-state index in [1.54, 1.807) is 30.3 Å². The molecule has 0 saturated heterocycles. The average molecular weight is 339 g/mol. The van der Waals surface area contributed by atoms with Crippen LogP contribution in [0.3, 0.4) is 0 Å². The monoisotopic (exact) mass is 339 g/mol. The second-order valence-electron chi connectivity index (χ2n) is 5.33. The van der Waals surface area contributed by atoms with Crippen molar-refractivity contribution in [3.8, 4) is 11.9 Å². The fourth-order valence-corrected chi connectivity index (χ4v) is 2.21. The normalized spacial score (nSPS) is 12.4. The van der Waals surface area contributed by atoms with Crippen molar-refractivity contribution in [1.29, 1.82) is 5.26 Å². The molecule has 25 heavy (non-hydrogen) atoms. The molecule has 0 aliphatic carbocycles. The van der Waals surface area contributed by atoms with E-state index in [1.807, 2.05) is 6.07 Å². The van der Waals surface area contributed by atoms with E-state index in [0.29, 0.717) is 5.56 Å². The summed E-state index contributed by atoms with van der Waals surface area (Å²) in [7, 11) is 2.60. The number of rotatable bonds is 5. The molecular formula is C18H17N3O4. The minimum atomic E-state index is -1.40. The highest BCUT2D eigenvalue weighted by molar-refractivity contribution is 6.02. The zero-order valence-corrected chi connectivity index (χ0v) is 14.1. The van der Waals surface area contributed by atoms with Crippen LogP contribution >= 0.6 is 0 Å². The Morgan fingerprint density at radius 2 is 1.92 bits per heavy atom. The highest BCUT2D eigenvalue weighted by Gasteiger charge is 2.35. The van der Waals surface area contributed by atoms with Crippen LogP contribution in [0, 0.1) is 11.3 Å². The van der Waals surface area contributed by atoms with E-state index in [2.05, 4.69) is 15.0 Å². The van der Waals surface area contributed by atoms with Crippen molar-refractivity contribution in [2.24, 2.45) is 0 Å². The molecule has 0 unspecified atom stereocenters. The third-order valence-corrected chi connectivity index (χ3v) is 3.74. The maximum atomic E-state index is 12.7. The number of carbonyl (C=O) groups is 2. The molecule has 7 heteroatoms. The predicted molar refractivity (Wildman–Crippen MR) is 90.2 cm³/mol. The van der Waals surface area contributed by atoms with Gasteiger partial charge in [0, 0.05) is 0 Å². The minimum Gasteiger partial charge on any atom is -0.480 e. The van der Waals surface area contributed by atoms with Crippen LogP contribution in [0.5, 0.6) is 5.88 Å². The van der Waals surface area contributed by atoms with Crippen LogP contribution in [0.2, 0.25) is 0 Å². The van der Waals surface area contributed by atoms with Crippen LogP contribution < -0.4 is 10.1 Å². The number of esters is 1. The molecule has 1 heterocycles. The van der Waals surface area contributed by atoms with Gasteiger partial charge in [0.25, 0.3) is 0 Å². The maximum Gasteiger partial charge on any atom is 0.343 e. The zero-order chi connectivity index (χ0) is 18.4. The van der Waals surface area contributed by atoms with Gasteiger partial charge >= 0.3 is 5.97 Å². The Labute approximate surface area is 145 Å². The van der Waals surface area contributed by atoms with Crippen LogP contribution in [-0.4, -0.2) is 31.1 Å². The smallest absolute Gasteiger partial charge is 0.343 e. The molecule has 1 atom stereocenters. The molecule has 1 aromatic heterocycles. The molecule has 1 N–H and O–H groups in total. The van der Waals surface area contributed by atoms with E-state index in [4.69, 9.17) is 4.74 Å². The van der Waals surface area contributed by atoms with Gasteiger partial charge in [0.2, 0.25) is 11.8 Å². The van der Waals surface area contributed by atoms with Crippen molar-refractivity contribution in [2.45, 2.75) is 12.3 Å². The van der Waals surface area contributed by atoms with E-state index in [1.165, 1.54) is 33.4 Å².